The van der Waals surface area contributed by atoms with Crippen LogP contribution in [0.2, 0.25) is 0 Å². The van der Waals surface area contributed by atoms with Crippen molar-refractivity contribution in [2.24, 2.45) is 5.16 Å². The number of benzene rings is 2. The third kappa shape index (κ3) is 4.44. The van der Waals surface area contributed by atoms with Crippen molar-refractivity contribution in [1.82, 2.24) is 4.90 Å². The molecule has 0 radical (unpaired) electrons. The van der Waals surface area contributed by atoms with Crippen LogP contribution in [0.1, 0.15) is 43.1 Å². The molecule has 2 aromatic carbocycles. The molecule has 2 aromatic rings. The summed E-state index contributed by atoms with van der Waals surface area (Å²) in [5.74, 6) is 0.871. The zero-order chi connectivity index (χ0) is 18.4. The van der Waals surface area contributed by atoms with E-state index in [2.05, 4.69) is 55.1 Å². The number of nitrogens with zero attached hydrogens (tertiary/aromatic N) is 2. The molecule has 138 valence electrons. The van der Waals surface area contributed by atoms with Gasteiger partial charge in [0.05, 0.1) is 5.71 Å². The molecule has 1 aliphatic heterocycles. The highest BCUT2D eigenvalue weighted by molar-refractivity contribution is 6.03. The molecule has 0 fully saturated rings. The number of hydrogen-bond acceptors (Lipinski definition) is 4. The number of oxime groups is 1. The van der Waals surface area contributed by atoms with Gasteiger partial charge in [0.25, 0.3) is 0 Å². The van der Waals surface area contributed by atoms with E-state index in [9.17, 15) is 0 Å². The van der Waals surface area contributed by atoms with Gasteiger partial charge in [-0.1, -0.05) is 61.0 Å². The van der Waals surface area contributed by atoms with Crippen LogP contribution in [-0.4, -0.2) is 36.9 Å². The zero-order valence-electron chi connectivity index (χ0n) is 15.9. The van der Waals surface area contributed by atoms with Gasteiger partial charge in [-0.05, 0) is 37.7 Å². The van der Waals surface area contributed by atoms with Gasteiger partial charge < -0.3 is 14.5 Å². The van der Waals surface area contributed by atoms with E-state index in [1.165, 1.54) is 11.1 Å². The smallest absolute Gasteiger partial charge is 0.129 e. The lowest BCUT2D eigenvalue weighted by molar-refractivity contribution is 0.112. The first kappa shape index (κ1) is 18.5. The van der Waals surface area contributed by atoms with E-state index in [-0.39, 0.29) is 6.10 Å². The molecule has 0 saturated heterocycles. The molecule has 4 heteroatoms. The van der Waals surface area contributed by atoms with Crippen LogP contribution in [0.5, 0.6) is 5.75 Å². The van der Waals surface area contributed by atoms with Crippen LogP contribution < -0.4 is 4.74 Å². The van der Waals surface area contributed by atoms with E-state index in [0.717, 1.165) is 36.7 Å². The second-order valence-corrected chi connectivity index (χ2v) is 6.62. The summed E-state index contributed by atoms with van der Waals surface area (Å²) in [6.45, 7) is 9.97. The van der Waals surface area contributed by atoms with Crippen molar-refractivity contribution < 1.29 is 9.57 Å². The lowest BCUT2D eigenvalue weighted by Crippen LogP contribution is -2.27. The summed E-state index contributed by atoms with van der Waals surface area (Å²) >= 11 is 0. The second kappa shape index (κ2) is 8.86. The second-order valence-electron chi connectivity index (χ2n) is 6.62. The SMILES string of the molecule is CCN(CC)CCO/N=C1/CC(c2ccc(C)cc2)Oc2ccccc21. The molecule has 0 aromatic heterocycles. The standard InChI is InChI=1S/C22H28N2O2/c1-4-24(5-2)14-15-25-23-20-16-22(18-12-10-17(3)11-13-18)26-21-9-7-6-8-19(20)21/h6-13,22H,4-5,14-16H2,1-3H3/b23-20-. The van der Waals surface area contributed by atoms with Crippen LogP contribution in [0.25, 0.3) is 0 Å². The first-order valence-corrected chi connectivity index (χ1v) is 9.45. The van der Waals surface area contributed by atoms with E-state index in [0.29, 0.717) is 13.0 Å². The van der Waals surface area contributed by atoms with Crippen LogP contribution in [0.3, 0.4) is 0 Å². The molecule has 0 spiro atoms. The summed E-state index contributed by atoms with van der Waals surface area (Å²) in [5, 5.41) is 4.47. The summed E-state index contributed by atoms with van der Waals surface area (Å²) < 4.78 is 6.22. The Balaban J connectivity index is 1.75. The molecule has 0 N–H and O–H groups in total. The Morgan fingerprint density at radius 3 is 2.54 bits per heavy atom. The minimum Gasteiger partial charge on any atom is -0.485 e. The molecule has 1 unspecified atom stereocenters. The van der Waals surface area contributed by atoms with Gasteiger partial charge in [-0.2, -0.15) is 0 Å². The first-order chi connectivity index (χ1) is 12.7. The molecule has 1 heterocycles. The summed E-state index contributed by atoms with van der Waals surface area (Å²) in [4.78, 5) is 7.98. The van der Waals surface area contributed by atoms with Gasteiger partial charge in [-0.3, -0.25) is 0 Å². The summed E-state index contributed by atoms with van der Waals surface area (Å²) in [6.07, 6.45) is 0.682. The highest BCUT2D eigenvalue weighted by Gasteiger charge is 2.26. The Kier molecular flexibility index (Phi) is 6.29. The summed E-state index contributed by atoms with van der Waals surface area (Å²) in [7, 11) is 0. The monoisotopic (exact) mass is 352 g/mol. The molecule has 0 bridgehead atoms. The van der Waals surface area contributed by atoms with E-state index in [4.69, 9.17) is 9.57 Å². The molecule has 1 atom stereocenters. The van der Waals surface area contributed by atoms with Crippen molar-refractivity contribution in [3.05, 3.63) is 65.2 Å². The predicted octanol–water partition coefficient (Wildman–Crippen LogP) is 4.58. The van der Waals surface area contributed by atoms with E-state index in [1.54, 1.807) is 0 Å². The fraction of sp³-hybridized carbons (Fsp3) is 0.409. The van der Waals surface area contributed by atoms with Gasteiger partial charge in [-0.25, -0.2) is 0 Å². The third-order valence-electron chi connectivity index (χ3n) is 4.86. The number of hydrogen-bond donors (Lipinski definition) is 0. The van der Waals surface area contributed by atoms with E-state index in [1.807, 2.05) is 24.3 Å². The number of ether oxygens (including phenoxy) is 1. The van der Waals surface area contributed by atoms with Crippen LogP contribution >= 0.6 is 0 Å². The van der Waals surface area contributed by atoms with E-state index < -0.39 is 0 Å². The fourth-order valence-corrected chi connectivity index (χ4v) is 3.18. The highest BCUT2D eigenvalue weighted by atomic mass is 16.6. The number of fused-ring (bicyclic) bond motifs is 1. The Labute approximate surface area is 156 Å². The van der Waals surface area contributed by atoms with E-state index >= 15 is 0 Å². The van der Waals surface area contributed by atoms with Crippen molar-refractivity contribution in [2.75, 3.05) is 26.2 Å². The molecule has 0 saturated carbocycles. The van der Waals surface area contributed by atoms with Gasteiger partial charge in [-0.15, -0.1) is 0 Å². The Bertz CT molecular complexity index is 736. The quantitative estimate of drug-likeness (QED) is 0.540. The van der Waals surface area contributed by atoms with Crippen molar-refractivity contribution in [2.45, 2.75) is 33.3 Å². The lowest BCUT2D eigenvalue weighted by atomic mass is 9.95. The minimum atomic E-state index is -0.0318. The highest BCUT2D eigenvalue weighted by Crippen LogP contribution is 2.35. The largest absolute Gasteiger partial charge is 0.485 e. The van der Waals surface area contributed by atoms with Crippen molar-refractivity contribution in [1.29, 1.82) is 0 Å². The van der Waals surface area contributed by atoms with Crippen molar-refractivity contribution in [3.8, 4) is 5.75 Å². The molecule has 1 aliphatic rings. The van der Waals surface area contributed by atoms with Gasteiger partial charge >= 0.3 is 0 Å². The van der Waals surface area contributed by atoms with Gasteiger partial charge in [0, 0.05) is 18.5 Å². The normalized spacial score (nSPS) is 17.8. The number of aryl methyl sites for hydroxylation is 1. The maximum Gasteiger partial charge on any atom is 0.129 e. The fourth-order valence-electron chi connectivity index (χ4n) is 3.18. The number of rotatable bonds is 7. The van der Waals surface area contributed by atoms with Gasteiger partial charge in [0.15, 0.2) is 0 Å². The number of likely N-dealkylation sites (N-methyl/N-ethyl adjacent to an activating group) is 1. The van der Waals surface area contributed by atoms with Gasteiger partial charge in [0.1, 0.15) is 18.5 Å². The molecule has 26 heavy (non-hydrogen) atoms. The van der Waals surface area contributed by atoms with Crippen molar-refractivity contribution in [3.63, 3.8) is 0 Å². The molecular formula is C22H28N2O2. The number of para-hydroxylation sites is 1. The molecule has 0 amide bonds. The maximum absolute atomic E-state index is 6.22. The summed E-state index contributed by atoms with van der Waals surface area (Å²) in [6, 6.07) is 16.6. The summed E-state index contributed by atoms with van der Waals surface area (Å²) in [5.41, 5.74) is 4.40. The van der Waals surface area contributed by atoms with Crippen LogP contribution in [-0.2, 0) is 4.84 Å². The maximum atomic E-state index is 6.22. The minimum absolute atomic E-state index is 0.0318. The lowest BCUT2D eigenvalue weighted by Gasteiger charge is -2.27. The first-order valence-electron chi connectivity index (χ1n) is 9.45. The average molecular weight is 352 g/mol. The van der Waals surface area contributed by atoms with Crippen LogP contribution in [0.4, 0.5) is 0 Å². The zero-order valence-corrected chi connectivity index (χ0v) is 15.9. The Morgan fingerprint density at radius 1 is 1.08 bits per heavy atom. The van der Waals surface area contributed by atoms with Crippen LogP contribution in [0.15, 0.2) is 53.7 Å². The Morgan fingerprint density at radius 2 is 1.81 bits per heavy atom. The van der Waals surface area contributed by atoms with Crippen LogP contribution in [0, 0.1) is 6.92 Å². The van der Waals surface area contributed by atoms with Gasteiger partial charge in [0.2, 0.25) is 0 Å². The Hall–Kier alpha value is -2.33. The molecular weight excluding hydrogens is 324 g/mol. The average Bonchev–Trinajstić information content (AvgIpc) is 2.68. The molecule has 0 aliphatic carbocycles. The molecule has 3 rings (SSSR count). The topological polar surface area (TPSA) is 34.1 Å². The molecule has 4 nitrogen and oxygen atoms in total. The van der Waals surface area contributed by atoms with Crippen molar-refractivity contribution >= 4 is 5.71 Å². The predicted molar refractivity (Wildman–Crippen MR) is 106 cm³/mol. The third-order valence-corrected chi connectivity index (χ3v) is 4.86.